The molecule has 0 aliphatic rings. The molecule has 0 heterocycles. The van der Waals surface area contributed by atoms with Crippen LogP contribution >= 0.6 is 12.2 Å². The van der Waals surface area contributed by atoms with Crippen LogP contribution in [0, 0.1) is 6.92 Å². The van der Waals surface area contributed by atoms with Crippen LogP contribution < -0.4 is 10.6 Å². The fourth-order valence-electron chi connectivity index (χ4n) is 2.13. The summed E-state index contributed by atoms with van der Waals surface area (Å²) >= 11 is 5.14. The Morgan fingerprint density at radius 3 is 2.57 bits per heavy atom. The zero-order valence-electron chi connectivity index (χ0n) is 13.1. The molecule has 1 amide bonds. The number of benzene rings is 1. The number of nitrogens with one attached hydrogen (secondary N) is 2. The van der Waals surface area contributed by atoms with Gasteiger partial charge >= 0.3 is 0 Å². The van der Waals surface area contributed by atoms with Crippen molar-refractivity contribution >= 4 is 23.2 Å². The van der Waals surface area contributed by atoms with E-state index in [1.165, 1.54) is 25.7 Å². The van der Waals surface area contributed by atoms with E-state index < -0.39 is 0 Å². The average molecular weight is 306 g/mol. The van der Waals surface area contributed by atoms with Gasteiger partial charge in [0.2, 0.25) is 5.91 Å². The van der Waals surface area contributed by atoms with Gasteiger partial charge in [0.1, 0.15) is 0 Å². The van der Waals surface area contributed by atoms with E-state index >= 15 is 0 Å². The molecule has 0 aliphatic heterocycles. The van der Waals surface area contributed by atoms with Crippen LogP contribution in [0.1, 0.15) is 50.2 Å². The summed E-state index contributed by atoms with van der Waals surface area (Å²) in [6.45, 7) is 5.04. The number of aryl methyl sites for hydroxylation is 1. The van der Waals surface area contributed by atoms with E-state index in [-0.39, 0.29) is 5.91 Å². The third-order valence-electron chi connectivity index (χ3n) is 3.43. The average Bonchev–Trinajstić information content (AvgIpc) is 2.45. The van der Waals surface area contributed by atoms with E-state index in [1.807, 2.05) is 31.2 Å². The van der Waals surface area contributed by atoms with Crippen molar-refractivity contribution in [3.8, 4) is 0 Å². The molecule has 0 aliphatic carbocycles. The van der Waals surface area contributed by atoms with Crippen LogP contribution in [0.3, 0.4) is 0 Å². The smallest absolute Gasteiger partial charge is 0.230 e. The van der Waals surface area contributed by atoms with E-state index in [0.717, 1.165) is 24.1 Å². The zero-order valence-corrected chi connectivity index (χ0v) is 13.9. The molecule has 0 saturated carbocycles. The number of unbranched alkanes of at least 4 members (excludes halogenated alkanes) is 4. The maximum Gasteiger partial charge on any atom is 0.230 e. The van der Waals surface area contributed by atoms with E-state index in [4.69, 9.17) is 12.2 Å². The Labute approximate surface area is 133 Å². The van der Waals surface area contributed by atoms with Crippen molar-refractivity contribution in [3.05, 3.63) is 35.4 Å². The largest absolute Gasteiger partial charge is 0.362 e. The first-order chi connectivity index (χ1) is 10.1. The van der Waals surface area contributed by atoms with Crippen LogP contribution in [-0.2, 0) is 11.2 Å². The van der Waals surface area contributed by atoms with Gasteiger partial charge in [0.15, 0.2) is 5.11 Å². The molecule has 1 rings (SSSR count). The second-order valence-electron chi connectivity index (χ2n) is 5.32. The quantitative estimate of drug-likeness (QED) is 0.570. The molecule has 0 fully saturated rings. The third-order valence-corrected chi connectivity index (χ3v) is 3.68. The number of rotatable bonds is 8. The highest BCUT2D eigenvalue weighted by molar-refractivity contribution is 7.80. The molecule has 0 unspecified atom stereocenters. The van der Waals surface area contributed by atoms with Crippen LogP contribution in [-0.4, -0.2) is 17.6 Å². The van der Waals surface area contributed by atoms with Gasteiger partial charge in [-0.25, -0.2) is 0 Å². The van der Waals surface area contributed by atoms with Crippen molar-refractivity contribution in [2.45, 2.75) is 52.4 Å². The first kappa shape index (κ1) is 17.6. The molecule has 0 atom stereocenters. The molecule has 0 saturated heterocycles. The van der Waals surface area contributed by atoms with Gasteiger partial charge in [0, 0.05) is 6.54 Å². The Morgan fingerprint density at radius 2 is 1.86 bits per heavy atom. The number of carbonyl (C=O) groups is 1. The minimum atomic E-state index is -0.0622. The summed E-state index contributed by atoms with van der Waals surface area (Å²) in [5.74, 6) is -0.0622. The molecule has 0 aromatic heterocycles. The predicted molar refractivity (Wildman–Crippen MR) is 92.4 cm³/mol. The summed E-state index contributed by atoms with van der Waals surface area (Å²) in [5.41, 5.74) is 2.17. The van der Waals surface area contributed by atoms with E-state index in [0.29, 0.717) is 11.5 Å². The van der Waals surface area contributed by atoms with Crippen LogP contribution in [0.15, 0.2) is 24.3 Å². The Balaban J connectivity index is 2.19. The summed E-state index contributed by atoms with van der Waals surface area (Å²) in [5, 5.41) is 6.26. The van der Waals surface area contributed by atoms with E-state index in [9.17, 15) is 4.79 Å². The van der Waals surface area contributed by atoms with Crippen molar-refractivity contribution < 1.29 is 4.79 Å². The molecule has 3 nitrogen and oxygen atoms in total. The number of hydrogen-bond donors (Lipinski definition) is 2. The molecule has 116 valence electrons. The van der Waals surface area contributed by atoms with Gasteiger partial charge in [0.25, 0.3) is 0 Å². The van der Waals surface area contributed by atoms with Gasteiger partial charge in [-0.2, -0.15) is 0 Å². The second-order valence-corrected chi connectivity index (χ2v) is 5.73. The predicted octanol–water partition coefficient (Wildman–Crippen LogP) is 3.50. The maximum absolute atomic E-state index is 11.9. The Kier molecular flexibility index (Phi) is 8.67. The van der Waals surface area contributed by atoms with Crippen LogP contribution in [0.2, 0.25) is 0 Å². The molecule has 0 spiro atoms. The van der Waals surface area contributed by atoms with E-state index in [2.05, 4.69) is 17.6 Å². The molecular formula is C17H26N2OS. The zero-order chi connectivity index (χ0) is 15.5. The number of amides is 1. The minimum Gasteiger partial charge on any atom is -0.362 e. The van der Waals surface area contributed by atoms with Gasteiger partial charge in [-0.15, -0.1) is 0 Å². The second kappa shape index (κ2) is 10.3. The lowest BCUT2D eigenvalue weighted by Crippen LogP contribution is -2.40. The normalized spacial score (nSPS) is 10.2. The van der Waals surface area contributed by atoms with Crippen molar-refractivity contribution in [1.82, 2.24) is 10.6 Å². The number of hydrogen-bond acceptors (Lipinski definition) is 2. The fourth-order valence-corrected chi connectivity index (χ4v) is 2.34. The summed E-state index contributed by atoms with van der Waals surface area (Å²) in [6.07, 6.45) is 6.47. The summed E-state index contributed by atoms with van der Waals surface area (Å²) in [4.78, 5) is 11.9. The molecule has 21 heavy (non-hydrogen) atoms. The van der Waals surface area contributed by atoms with Crippen molar-refractivity contribution in [3.63, 3.8) is 0 Å². The third kappa shape index (κ3) is 7.81. The number of carbonyl (C=O) groups excluding carboxylic acids is 1. The SMILES string of the molecule is CCCCCCCNC(=S)NC(=O)Cc1ccccc1C. The van der Waals surface area contributed by atoms with Gasteiger partial charge < -0.3 is 10.6 Å². The van der Waals surface area contributed by atoms with Gasteiger partial charge in [-0.1, -0.05) is 56.9 Å². The lowest BCUT2D eigenvalue weighted by molar-refractivity contribution is -0.119. The Morgan fingerprint density at radius 1 is 1.14 bits per heavy atom. The van der Waals surface area contributed by atoms with Gasteiger partial charge in [0.05, 0.1) is 6.42 Å². The van der Waals surface area contributed by atoms with E-state index in [1.54, 1.807) is 0 Å². The van der Waals surface area contributed by atoms with Crippen LogP contribution in [0.4, 0.5) is 0 Å². The molecule has 1 aromatic carbocycles. The molecule has 0 radical (unpaired) electrons. The summed E-state index contributed by atoms with van der Waals surface area (Å²) < 4.78 is 0. The topological polar surface area (TPSA) is 41.1 Å². The molecular weight excluding hydrogens is 280 g/mol. The fraction of sp³-hybridized carbons (Fsp3) is 0.529. The molecule has 2 N–H and O–H groups in total. The minimum absolute atomic E-state index is 0.0622. The first-order valence-electron chi connectivity index (χ1n) is 7.75. The summed E-state index contributed by atoms with van der Waals surface area (Å²) in [6, 6.07) is 7.90. The maximum atomic E-state index is 11.9. The van der Waals surface area contributed by atoms with Gasteiger partial charge in [-0.3, -0.25) is 4.79 Å². The standard InChI is InChI=1S/C17H26N2OS/c1-3-4-5-6-9-12-18-17(21)19-16(20)13-15-11-8-7-10-14(15)2/h7-8,10-11H,3-6,9,12-13H2,1-2H3,(H2,18,19,20,21). The molecule has 1 aromatic rings. The van der Waals surface area contributed by atoms with Gasteiger partial charge in [-0.05, 0) is 36.7 Å². The first-order valence-corrected chi connectivity index (χ1v) is 8.16. The van der Waals surface area contributed by atoms with Crippen LogP contribution in [0.5, 0.6) is 0 Å². The number of thiocarbonyl (C=S) groups is 1. The Bertz CT molecular complexity index is 460. The van der Waals surface area contributed by atoms with Crippen molar-refractivity contribution in [2.24, 2.45) is 0 Å². The Hall–Kier alpha value is -1.42. The van der Waals surface area contributed by atoms with Crippen LogP contribution in [0.25, 0.3) is 0 Å². The lowest BCUT2D eigenvalue weighted by Gasteiger charge is -2.10. The highest BCUT2D eigenvalue weighted by atomic mass is 32.1. The summed E-state index contributed by atoms with van der Waals surface area (Å²) in [7, 11) is 0. The lowest BCUT2D eigenvalue weighted by atomic mass is 10.1. The van der Waals surface area contributed by atoms with Crippen molar-refractivity contribution in [1.29, 1.82) is 0 Å². The highest BCUT2D eigenvalue weighted by Crippen LogP contribution is 2.07. The molecule has 0 bridgehead atoms. The molecule has 4 heteroatoms. The van der Waals surface area contributed by atoms with Crippen molar-refractivity contribution in [2.75, 3.05) is 6.54 Å². The monoisotopic (exact) mass is 306 g/mol. The highest BCUT2D eigenvalue weighted by Gasteiger charge is 2.07.